The van der Waals surface area contributed by atoms with Crippen LogP contribution < -0.4 is 11.1 Å². The highest BCUT2D eigenvalue weighted by Gasteiger charge is 2.12. The Kier molecular flexibility index (Phi) is 4.10. The molecule has 0 saturated carbocycles. The monoisotopic (exact) mass is 292 g/mol. The Balaban J connectivity index is 2.30. The fraction of sp³-hybridized carbons (Fsp3) is 0.143. The highest BCUT2D eigenvalue weighted by Crippen LogP contribution is 2.17. The van der Waals surface area contributed by atoms with E-state index in [2.05, 4.69) is 10.5 Å². The second kappa shape index (κ2) is 5.79. The summed E-state index contributed by atoms with van der Waals surface area (Å²) in [6.07, 6.45) is 0. The summed E-state index contributed by atoms with van der Waals surface area (Å²) in [7, 11) is 0. The maximum absolute atomic E-state index is 11.7. The first kappa shape index (κ1) is 14.1. The van der Waals surface area contributed by atoms with Crippen molar-refractivity contribution in [1.82, 2.24) is 0 Å². The maximum atomic E-state index is 11.7. The molecular formula is C14H13ClN2O3. The molecule has 0 unspecified atom stereocenters. The van der Waals surface area contributed by atoms with Gasteiger partial charge in [0.25, 0.3) is 0 Å². The fourth-order valence-corrected chi connectivity index (χ4v) is 1.88. The molecule has 0 aliphatic carbocycles. The largest absolute Gasteiger partial charge is 0.507 e. The normalized spacial score (nSPS) is 11.4. The molecule has 2 aromatic rings. The third-order valence-electron chi connectivity index (χ3n) is 2.59. The van der Waals surface area contributed by atoms with Gasteiger partial charge in [-0.25, -0.2) is 4.79 Å². The molecule has 0 atom stereocenters. The Hall–Kier alpha value is -2.27. The lowest BCUT2D eigenvalue weighted by molar-refractivity contribution is 0.432. The molecule has 1 heterocycles. The number of rotatable bonds is 3. The molecule has 0 radical (unpaired) electrons. The van der Waals surface area contributed by atoms with Crippen LogP contribution in [0.25, 0.3) is 0 Å². The van der Waals surface area contributed by atoms with Crippen molar-refractivity contribution in [2.75, 3.05) is 5.43 Å². The van der Waals surface area contributed by atoms with E-state index in [1.165, 1.54) is 6.07 Å². The van der Waals surface area contributed by atoms with Crippen molar-refractivity contribution in [1.29, 1.82) is 0 Å². The third-order valence-corrected chi connectivity index (χ3v) is 2.83. The first-order valence-electron chi connectivity index (χ1n) is 5.87. The van der Waals surface area contributed by atoms with Gasteiger partial charge in [-0.15, -0.1) is 0 Å². The van der Waals surface area contributed by atoms with Crippen LogP contribution in [0.5, 0.6) is 5.75 Å². The summed E-state index contributed by atoms with van der Waals surface area (Å²) in [4.78, 5) is 11.7. The average Bonchev–Trinajstić information content (AvgIpc) is 2.35. The highest BCUT2D eigenvalue weighted by atomic mass is 35.5. The van der Waals surface area contributed by atoms with E-state index in [9.17, 15) is 9.90 Å². The summed E-state index contributed by atoms with van der Waals surface area (Å²) in [6.45, 7) is 3.18. The van der Waals surface area contributed by atoms with Crippen molar-refractivity contribution in [3.8, 4) is 5.75 Å². The van der Waals surface area contributed by atoms with Crippen LogP contribution in [0.15, 0.2) is 44.6 Å². The Bertz CT molecular complexity index is 723. The molecule has 2 rings (SSSR count). The van der Waals surface area contributed by atoms with Gasteiger partial charge >= 0.3 is 5.63 Å². The van der Waals surface area contributed by atoms with E-state index >= 15 is 0 Å². The lowest BCUT2D eigenvalue weighted by Gasteiger charge is -2.05. The summed E-state index contributed by atoms with van der Waals surface area (Å²) in [5.41, 5.74) is 3.16. The van der Waals surface area contributed by atoms with Crippen LogP contribution in [-0.4, -0.2) is 10.8 Å². The first-order chi connectivity index (χ1) is 9.47. The average molecular weight is 293 g/mol. The SMILES string of the molecule is C/C(=N\Nc1cccc(Cl)c1)c1c(O)cc(C)oc1=O. The van der Waals surface area contributed by atoms with Crippen LogP contribution in [0.2, 0.25) is 5.02 Å². The zero-order valence-corrected chi connectivity index (χ0v) is 11.7. The second-order valence-electron chi connectivity index (χ2n) is 4.22. The van der Waals surface area contributed by atoms with Gasteiger partial charge in [-0.3, -0.25) is 5.43 Å². The van der Waals surface area contributed by atoms with Gasteiger partial charge < -0.3 is 9.52 Å². The van der Waals surface area contributed by atoms with Gasteiger partial charge in [0.1, 0.15) is 17.1 Å². The quantitative estimate of drug-likeness (QED) is 0.673. The summed E-state index contributed by atoms with van der Waals surface area (Å²) in [5, 5.41) is 14.4. The van der Waals surface area contributed by atoms with Gasteiger partial charge in [0, 0.05) is 11.1 Å². The molecule has 0 amide bonds. The van der Waals surface area contributed by atoms with Gasteiger partial charge in [-0.1, -0.05) is 17.7 Å². The number of halogens is 1. The lowest BCUT2D eigenvalue weighted by Crippen LogP contribution is -2.14. The predicted octanol–water partition coefficient (Wildman–Crippen LogP) is 3.14. The van der Waals surface area contributed by atoms with E-state index in [-0.39, 0.29) is 11.3 Å². The number of nitrogens with zero attached hydrogens (tertiary/aromatic N) is 1. The summed E-state index contributed by atoms with van der Waals surface area (Å²) >= 11 is 5.85. The summed E-state index contributed by atoms with van der Waals surface area (Å²) < 4.78 is 4.94. The number of aromatic hydroxyl groups is 1. The van der Waals surface area contributed by atoms with E-state index in [0.29, 0.717) is 22.2 Å². The van der Waals surface area contributed by atoms with Gasteiger partial charge in [0.15, 0.2) is 0 Å². The van der Waals surface area contributed by atoms with E-state index < -0.39 is 5.63 Å². The molecule has 20 heavy (non-hydrogen) atoms. The van der Waals surface area contributed by atoms with Crippen LogP contribution in [0.1, 0.15) is 18.2 Å². The Labute approximate surface area is 120 Å². The van der Waals surface area contributed by atoms with Crippen molar-refractivity contribution < 1.29 is 9.52 Å². The number of hydrazone groups is 1. The topological polar surface area (TPSA) is 74.8 Å². The third kappa shape index (κ3) is 3.19. The zero-order chi connectivity index (χ0) is 14.7. The molecule has 0 fully saturated rings. The standard InChI is InChI=1S/C14H13ClN2O3/c1-8-6-12(18)13(14(19)20-8)9(2)16-17-11-5-3-4-10(15)7-11/h3-7,17-18H,1-2H3/b16-9+. The number of benzene rings is 1. The van der Waals surface area contributed by atoms with Crippen molar-refractivity contribution in [3.05, 3.63) is 57.1 Å². The fourth-order valence-electron chi connectivity index (χ4n) is 1.69. The highest BCUT2D eigenvalue weighted by molar-refractivity contribution is 6.30. The van der Waals surface area contributed by atoms with Crippen LogP contribution >= 0.6 is 11.6 Å². The van der Waals surface area contributed by atoms with Crippen LogP contribution in [0.4, 0.5) is 5.69 Å². The van der Waals surface area contributed by atoms with Crippen LogP contribution in [-0.2, 0) is 0 Å². The second-order valence-corrected chi connectivity index (χ2v) is 4.66. The molecule has 0 saturated heterocycles. The lowest BCUT2D eigenvalue weighted by atomic mass is 10.2. The molecule has 6 heteroatoms. The number of nitrogens with one attached hydrogen (secondary N) is 1. The van der Waals surface area contributed by atoms with Crippen LogP contribution in [0.3, 0.4) is 0 Å². The van der Waals surface area contributed by atoms with Gasteiger partial charge in [0.05, 0.1) is 11.4 Å². The molecule has 104 valence electrons. The van der Waals surface area contributed by atoms with E-state index in [1.54, 1.807) is 38.1 Å². The molecule has 1 aromatic carbocycles. The Morgan fingerprint density at radius 2 is 2.15 bits per heavy atom. The molecule has 0 spiro atoms. The molecule has 2 N–H and O–H groups in total. The first-order valence-corrected chi connectivity index (χ1v) is 6.25. The van der Waals surface area contributed by atoms with Crippen molar-refractivity contribution >= 4 is 23.0 Å². The molecular weight excluding hydrogens is 280 g/mol. The molecule has 0 aliphatic rings. The minimum atomic E-state index is -0.628. The van der Waals surface area contributed by atoms with Gasteiger partial charge in [0.2, 0.25) is 0 Å². The number of hydrogen-bond acceptors (Lipinski definition) is 5. The number of aryl methyl sites for hydroxylation is 1. The zero-order valence-electron chi connectivity index (χ0n) is 11.0. The van der Waals surface area contributed by atoms with E-state index in [0.717, 1.165) is 0 Å². The maximum Gasteiger partial charge on any atom is 0.348 e. The molecule has 0 aliphatic heterocycles. The van der Waals surface area contributed by atoms with Gasteiger partial charge in [-0.05, 0) is 32.0 Å². The predicted molar refractivity (Wildman–Crippen MR) is 78.7 cm³/mol. The summed E-state index contributed by atoms with van der Waals surface area (Å²) in [5.74, 6) is 0.180. The molecule has 5 nitrogen and oxygen atoms in total. The Morgan fingerprint density at radius 1 is 1.40 bits per heavy atom. The van der Waals surface area contributed by atoms with Crippen molar-refractivity contribution in [2.45, 2.75) is 13.8 Å². The number of hydrogen-bond donors (Lipinski definition) is 2. The van der Waals surface area contributed by atoms with Crippen LogP contribution in [0, 0.1) is 6.92 Å². The number of anilines is 1. The summed E-state index contributed by atoms with van der Waals surface area (Å²) in [6, 6.07) is 8.35. The van der Waals surface area contributed by atoms with E-state index in [1.807, 2.05) is 0 Å². The minimum absolute atomic E-state index is 0.0325. The van der Waals surface area contributed by atoms with Gasteiger partial charge in [-0.2, -0.15) is 5.10 Å². The molecule has 1 aromatic heterocycles. The molecule has 0 bridgehead atoms. The van der Waals surface area contributed by atoms with E-state index in [4.69, 9.17) is 16.0 Å². The Morgan fingerprint density at radius 3 is 2.80 bits per heavy atom. The smallest absolute Gasteiger partial charge is 0.348 e. The van der Waals surface area contributed by atoms with Crippen molar-refractivity contribution in [3.63, 3.8) is 0 Å². The minimum Gasteiger partial charge on any atom is -0.507 e. The van der Waals surface area contributed by atoms with Crippen molar-refractivity contribution in [2.24, 2.45) is 5.10 Å².